The Hall–Kier alpha value is -3.28. The molecule has 252 valence electrons. The van der Waals surface area contributed by atoms with Crippen molar-refractivity contribution in [1.29, 1.82) is 0 Å². The maximum Gasteiger partial charge on any atom is 0.434 e. The number of ether oxygens (including phenoxy) is 2. The van der Waals surface area contributed by atoms with Crippen LogP contribution in [0.3, 0.4) is 0 Å². The van der Waals surface area contributed by atoms with Crippen molar-refractivity contribution in [3.05, 3.63) is 65.8 Å². The van der Waals surface area contributed by atoms with Crippen LogP contribution in [-0.4, -0.2) is 73.1 Å². The van der Waals surface area contributed by atoms with Gasteiger partial charge in [-0.25, -0.2) is 14.2 Å². The second-order valence-corrected chi connectivity index (χ2v) is 14.5. The van der Waals surface area contributed by atoms with Gasteiger partial charge in [0, 0.05) is 40.5 Å². The number of nitrogens with one attached hydrogen (secondary N) is 2. The van der Waals surface area contributed by atoms with E-state index in [1.54, 1.807) is 20.8 Å². The zero-order chi connectivity index (χ0) is 33.6. The molecule has 0 amide bonds. The first-order valence-electron chi connectivity index (χ1n) is 14.4. The van der Waals surface area contributed by atoms with Crippen LogP contribution in [0.1, 0.15) is 58.1 Å². The molecule has 2 saturated heterocycles. The molecule has 2 aliphatic heterocycles. The number of azide groups is 1. The second-order valence-electron chi connectivity index (χ2n) is 11.7. The first-order chi connectivity index (χ1) is 21.7. The van der Waals surface area contributed by atoms with Crippen molar-refractivity contribution < 1.29 is 33.0 Å². The molecule has 20 heteroatoms. The van der Waals surface area contributed by atoms with Crippen molar-refractivity contribution in [2.45, 2.75) is 77.7 Å². The number of aromatic nitrogens is 4. The third kappa shape index (κ3) is 8.95. The molecule has 3 N–H and O–H groups in total. The summed E-state index contributed by atoms with van der Waals surface area (Å²) in [4.78, 5) is 58.4. The quantitative estimate of drug-likeness (QED) is 0.0904. The lowest BCUT2D eigenvalue weighted by Crippen LogP contribution is -2.33. The van der Waals surface area contributed by atoms with Crippen LogP contribution in [0.5, 0.6) is 0 Å². The van der Waals surface area contributed by atoms with Gasteiger partial charge in [0.05, 0.1) is 38.1 Å². The smallest absolute Gasteiger partial charge is 0.394 e. The van der Waals surface area contributed by atoms with E-state index in [9.17, 15) is 28.8 Å². The Labute approximate surface area is 267 Å². The van der Waals surface area contributed by atoms with Crippen LogP contribution in [0.15, 0.2) is 38.0 Å². The van der Waals surface area contributed by atoms with E-state index < -0.39 is 67.4 Å². The molecule has 2 aliphatic rings. The molecular formula is C26H37N8O10PS. The van der Waals surface area contributed by atoms with Crippen LogP contribution >= 0.6 is 19.5 Å². The van der Waals surface area contributed by atoms with E-state index in [-0.39, 0.29) is 41.9 Å². The Bertz CT molecular complexity index is 1680. The third-order valence-electron chi connectivity index (χ3n) is 7.14. The van der Waals surface area contributed by atoms with E-state index in [0.29, 0.717) is 12.8 Å². The Morgan fingerprint density at radius 1 is 1.26 bits per heavy atom. The number of nitrogens with zero attached hydrogens (tertiary/aromatic N) is 6. The van der Waals surface area contributed by atoms with Crippen LogP contribution in [0.25, 0.3) is 10.4 Å². The highest BCUT2D eigenvalue weighted by Gasteiger charge is 2.39. The zero-order valence-corrected chi connectivity index (χ0v) is 27.4. The van der Waals surface area contributed by atoms with Crippen molar-refractivity contribution in [2.75, 3.05) is 30.7 Å². The normalized spacial score (nSPS) is 24.3. The van der Waals surface area contributed by atoms with Crippen LogP contribution in [-0.2, 0) is 27.9 Å². The van der Waals surface area contributed by atoms with Crippen LogP contribution in [0.4, 0.5) is 5.82 Å². The highest BCUT2D eigenvalue weighted by Crippen LogP contribution is 2.48. The van der Waals surface area contributed by atoms with Crippen LogP contribution < -0.4 is 22.0 Å². The van der Waals surface area contributed by atoms with Gasteiger partial charge in [-0.15, -0.1) is 0 Å². The Balaban J connectivity index is 1.51. The van der Waals surface area contributed by atoms with Gasteiger partial charge >= 0.3 is 19.1 Å². The summed E-state index contributed by atoms with van der Waals surface area (Å²) in [5.41, 5.74) is 6.79. The van der Waals surface area contributed by atoms with Gasteiger partial charge in [-0.2, -0.15) is 4.98 Å². The van der Waals surface area contributed by atoms with E-state index in [2.05, 4.69) is 25.1 Å². The summed E-state index contributed by atoms with van der Waals surface area (Å²) < 4.78 is 39.2. The number of thioether (sulfide) groups is 1. The number of anilines is 1. The van der Waals surface area contributed by atoms with Gasteiger partial charge in [0.2, 0.25) is 0 Å². The van der Waals surface area contributed by atoms with Crippen molar-refractivity contribution >= 4 is 30.4 Å². The molecule has 18 nitrogen and oxygen atoms in total. The molecule has 6 atom stereocenters. The average molecular weight is 685 g/mol. The molecule has 0 aromatic carbocycles. The van der Waals surface area contributed by atoms with Crippen molar-refractivity contribution in [2.24, 2.45) is 10.5 Å². The van der Waals surface area contributed by atoms with Gasteiger partial charge in [0.25, 0.3) is 5.56 Å². The summed E-state index contributed by atoms with van der Waals surface area (Å²) in [6.07, 6.45) is 0.900. The summed E-state index contributed by atoms with van der Waals surface area (Å²) in [7, 11) is -4.31. The highest BCUT2D eigenvalue weighted by atomic mass is 32.2. The largest absolute Gasteiger partial charge is 0.434 e. The maximum atomic E-state index is 14.0. The average Bonchev–Trinajstić information content (AvgIpc) is 3.63. The molecular weight excluding hydrogens is 647 g/mol. The predicted octanol–water partition coefficient (Wildman–Crippen LogP) is 2.60. The fourth-order valence-electron chi connectivity index (χ4n) is 4.67. The monoisotopic (exact) mass is 684 g/mol. The van der Waals surface area contributed by atoms with Gasteiger partial charge < -0.3 is 14.6 Å². The molecule has 4 rings (SSSR count). The summed E-state index contributed by atoms with van der Waals surface area (Å²) in [5, 5.41) is 15.5. The van der Waals surface area contributed by atoms with E-state index in [0.717, 1.165) is 16.3 Å². The van der Waals surface area contributed by atoms with Gasteiger partial charge in [0.1, 0.15) is 18.3 Å². The topological polar surface area (TPSA) is 242 Å². The van der Waals surface area contributed by atoms with Crippen LogP contribution in [0, 0.1) is 12.3 Å². The lowest BCUT2D eigenvalue weighted by molar-refractivity contribution is -0.117. The summed E-state index contributed by atoms with van der Waals surface area (Å²) in [6, 6.07) is 0.531. The zero-order valence-electron chi connectivity index (χ0n) is 25.7. The highest BCUT2D eigenvalue weighted by molar-refractivity contribution is 8.13. The van der Waals surface area contributed by atoms with E-state index >= 15 is 0 Å². The van der Waals surface area contributed by atoms with E-state index in [1.165, 1.54) is 30.0 Å². The maximum absolute atomic E-state index is 14.0. The number of H-pyrrole nitrogens is 1. The van der Waals surface area contributed by atoms with Crippen molar-refractivity contribution in [1.82, 2.24) is 19.1 Å². The number of carbonyl (C=O) groups is 1. The standard InChI is InChI=1S/C26H37N8O10PS/c1-15-12-34(25(39)29-22(15)36)21-11-17(30-32-27)18(44-21)14-42-45(40,41-9-10-46-23(37)26(2,3)4)31-19-7-8-33(24(38)28-19)20-6-5-16(13-35)43-20/h7-8,12,16-18,20-21,35H,5-6,9-11,13-14H2,1-4H3,(H,29,36,39)(H,28,31,38,40)/t16-,17?,18+,20+,21+,45?/m0/s1. The molecule has 2 fully saturated rings. The first kappa shape index (κ1) is 35.6. The summed E-state index contributed by atoms with van der Waals surface area (Å²) in [5.74, 6) is 0.00929. The number of aliphatic hydroxyl groups excluding tert-OH is 1. The van der Waals surface area contributed by atoms with Crippen molar-refractivity contribution in [3.63, 3.8) is 0 Å². The Morgan fingerprint density at radius 3 is 2.67 bits per heavy atom. The van der Waals surface area contributed by atoms with E-state index in [1.807, 2.05) is 0 Å². The molecule has 2 aromatic heterocycles. The molecule has 4 heterocycles. The van der Waals surface area contributed by atoms with Gasteiger partial charge in [0.15, 0.2) is 5.12 Å². The molecule has 2 unspecified atom stereocenters. The number of aliphatic hydroxyl groups is 1. The van der Waals surface area contributed by atoms with Gasteiger partial charge in [-0.3, -0.25) is 37.8 Å². The predicted molar refractivity (Wildman–Crippen MR) is 166 cm³/mol. The molecule has 0 radical (unpaired) electrons. The molecule has 0 aliphatic carbocycles. The minimum Gasteiger partial charge on any atom is -0.394 e. The third-order valence-corrected chi connectivity index (χ3v) is 9.90. The summed E-state index contributed by atoms with van der Waals surface area (Å²) in [6.45, 7) is 6.02. The number of aryl methyl sites for hydroxylation is 1. The van der Waals surface area contributed by atoms with E-state index in [4.69, 9.17) is 24.1 Å². The number of hydrogen-bond acceptors (Lipinski definition) is 13. The molecule has 0 bridgehead atoms. The Morgan fingerprint density at radius 2 is 2.02 bits per heavy atom. The molecule has 2 aromatic rings. The number of carbonyl (C=O) groups excluding carboxylic acids is 1. The Kier molecular flexibility index (Phi) is 11.7. The van der Waals surface area contributed by atoms with Gasteiger partial charge in [-0.1, -0.05) is 37.6 Å². The molecule has 0 spiro atoms. The lowest BCUT2D eigenvalue weighted by atomic mass is 10.00. The fourth-order valence-corrected chi connectivity index (χ4v) is 6.86. The minimum absolute atomic E-state index is 0.0494. The molecule has 0 saturated carbocycles. The van der Waals surface area contributed by atoms with Crippen LogP contribution in [0.2, 0.25) is 0 Å². The number of hydrogen-bond donors (Lipinski definition) is 3. The molecule has 46 heavy (non-hydrogen) atoms. The SMILES string of the molecule is Cc1cn([C@H]2CC(N=[N+]=[N-])[C@@H](COP(=O)(Nc3ccn([C@H]4CC[C@@H](CO)O4)c(=O)n3)OCCSC(=O)C(C)(C)C)O2)c(=O)[nH]c1=O. The fraction of sp³-hybridized carbons (Fsp3) is 0.654. The first-order valence-corrected chi connectivity index (χ1v) is 17.0. The van der Waals surface area contributed by atoms with Gasteiger partial charge in [-0.05, 0) is 31.4 Å². The minimum atomic E-state index is -4.31. The number of aromatic amines is 1. The lowest BCUT2D eigenvalue weighted by Gasteiger charge is -2.23. The summed E-state index contributed by atoms with van der Waals surface area (Å²) >= 11 is 0.996. The second kappa shape index (κ2) is 15.1. The number of rotatable bonds is 13. The van der Waals surface area contributed by atoms with Crippen molar-refractivity contribution in [3.8, 4) is 0 Å².